The molecule has 0 aliphatic carbocycles. The van der Waals surface area contributed by atoms with Gasteiger partial charge in [0.05, 0.1) is 11.4 Å². The number of para-hydroxylation sites is 2. The molecule has 3 heterocycles. The Morgan fingerprint density at radius 1 is 0.562 bits per heavy atom. The van der Waals surface area contributed by atoms with Gasteiger partial charge in [-0.25, -0.2) is 9.98 Å². The van der Waals surface area contributed by atoms with Crippen LogP contribution in [0.3, 0.4) is 0 Å². The molecule has 20 nitrogen and oxygen atoms in total. The van der Waals surface area contributed by atoms with E-state index in [0.717, 1.165) is 54.0 Å². The molecule has 348 valence electrons. The Morgan fingerprint density at radius 3 is 1.58 bits per heavy atom. The minimum Gasteiger partial charge on any atom is -0.463 e. The van der Waals surface area contributed by atoms with Crippen LogP contribution in [0.4, 0.5) is 5.69 Å². The van der Waals surface area contributed by atoms with Crippen LogP contribution in [-0.2, 0) is 80.9 Å². The first-order chi connectivity index (χ1) is 29.9. The molecule has 0 amide bonds. The molecule has 2 aliphatic heterocycles. The SMILES string of the molecule is CC(=O)OC[C@H]1O[C@@H](O[C@H]2[C@H](OC(C)=O)[C@@H](OC(C)=O)[C@H](/N=c3/ssc(=Nc4ccccc4C)n3-c3ccccc3)O[C@@H]2COC(C)=O)[C@H](OC(C)=O)[C@@H](OC(C)=O)[C@H]1OC(C)=O.Cl. The van der Waals surface area contributed by atoms with Crippen molar-refractivity contribution in [3.63, 3.8) is 0 Å². The summed E-state index contributed by atoms with van der Waals surface area (Å²) in [6.07, 6.45) is -15.9. The first-order valence-electron chi connectivity index (χ1n) is 19.4. The van der Waals surface area contributed by atoms with Gasteiger partial charge in [-0.3, -0.25) is 38.1 Å². The molecule has 0 saturated carbocycles. The van der Waals surface area contributed by atoms with Gasteiger partial charge in [-0.15, -0.1) is 12.4 Å². The molecular weight excluding hydrogens is 906 g/mol. The lowest BCUT2D eigenvalue weighted by Crippen LogP contribution is -2.67. The standard InChI is InChI=1S/C41H47N3O17S2.ClH/c1-20-14-12-13-17-29(20)42-40-44(28-15-10-9-11-16-28)41(63-62-40)43-38-36(57-26(7)50)34(55-24(5)48)33(30(59-38)18-52-21(2)45)61-39-37(58-27(8)51)35(56-25(6)49)32(54-23(4)47)31(60-39)19-53-22(3)46;/h9-17,30-39H,18-19H2,1-8H3;1H/b42-40?,43-41+;/t30-,31-,32+,33-,34+,35+,36-,37-,38-,39+;/m1./s1. The van der Waals surface area contributed by atoms with Crippen molar-refractivity contribution in [2.24, 2.45) is 9.98 Å². The average molecular weight is 954 g/mol. The van der Waals surface area contributed by atoms with Crippen molar-refractivity contribution in [1.29, 1.82) is 0 Å². The van der Waals surface area contributed by atoms with Crippen LogP contribution < -0.4 is 9.60 Å². The van der Waals surface area contributed by atoms with E-state index in [4.69, 9.17) is 57.4 Å². The number of nitrogens with zero attached hydrogens (tertiary/aromatic N) is 3. The van der Waals surface area contributed by atoms with Gasteiger partial charge in [0.2, 0.25) is 9.60 Å². The Morgan fingerprint density at radius 2 is 1.03 bits per heavy atom. The summed E-state index contributed by atoms with van der Waals surface area (Å²) in [6, 6.07) is 16.7. The Balaban J connectivity index is 0.00000898. The van der Waals surface area contributed by atoms with Gasteiger partial charge < -0.3 is 47.4 Å². The van der Waals surface area contributed by atoms with E-state index in [9.17, 15) is 33.6 Å². The van der Waals surface area contributed by atoms with Crippen molar-refractivity contribution in [3.05, 3.63) is 69.8 Å². The minimum atomic E-state index is -1.83. The van der Waals surface area contributed by atoms with Crippen LogP contribution in [-0.4, -0.2) is 121 Å². The summed E-state index contributed by atoms with van der Waals surface area (Å²) < 4.78 is 59.7. The van der Waals surface area contributed by atoms with E-state index in [1.54, 1.807) is 4.57 Å². The van der Waals surface area contributed by atoms with E-state index >= 15 is 0 Å². The molecule has 1 aromatic heterocycles. The van der Waals surface area contributed by atoms with Gasteiger partial charge in [0, 0.05) is 48.5 Å². The Hall–Kier alpha value is -5.52. The number of rotatable bonds is 14. The van der Waals surface area contributed by atoms with Gasteiger partial charge in [0.25, 0.3) is 0 Å². The Bertz CT molecular complexity index is 2300. The number of hydrogen-bond acceptors (Lipinski definition) is 21. The summed E-state index contributed by atoms with van der Waals surface area (Å²) in [6.45, 7) is 8.37. The number of ether oxygens (including phenoxy) is 10. The number of hydrogen-bond donors (Lipinski definition) is 0. The highest BCUT2D eigenvalue weighted by Gasteiger charge is 2.57. The van der Waals surface area contributed by atoms with Crippen LogP contribution in [0, 0.1) is 6.92 Å². The summed E-state index contributed by atoms with van der Waals surface area (Å²) in [7, 11) is 2.51. The third-order valence-corrected chi connectivity index (χ3v) is 11.1. The van der Waals surface area contributed by atoms with Crippen LogP contribution >= 0.6 is 33.1 Å². The molecule has 2 aliphatic rings. The van der Waals surface area contributed by atoms with Gasteiger partial charge in [0.15, 0.2) is 43.0 Å². The maximum absolute atomic E-state index is 12.9. The molecule has 5 rings (SSSR count). The number of aromatic nitrogens is 1. The summed E-state index contributed by atoms with van der Waals surface area (Å²) >= 11 is 0. The second-order valence-corrected chi connectivity index (χ2v) is 16.2. The zero-order valence-electron chi connectivity index (χ0n) is 35.9. The highest BCUT2D eigenvalue weighted by Crippen LogP contribution is 2.35. The van der Waals surface area contributed by atoms with Gasteiger partial charge >= 0.3 is 41.8 Å². The smallest absolute Gasteiger partial charge is 0.303 e. The average Bonchev–Trinajstić information content (AvgIpc) is 3.59. The quantitative estimate of drug-likeness (QED) is 0.128. The number of benzene rings is 2. The van der Waals surface area contributed by atoms with Crippen molar-refractivity contribution in [2.45, 2.75) is 117 Å². The number of carbonyl (C=O) groups is 7. The monoisotopic (exact) mass is 953 g/mol. The number of esters is 7. The summed E-state index contributed by atoms with van der Waals surface area (Å²) in [5.41, 5.74) is 2.28. The molecule has 0 N–H and O–H groups in total. The first kappa shape index (κ1) is 51.1. The van der Waals surface area contributed by atoms with Gasteiger partial charge in [-0.1, -0.05) is 36.4 Å². The van der Waals surface area contributed by atoms with E-state index in [2.05, 4.69) is 0 Å². The summed E-state index contributed by atoms with van der Waals surface area (Å²) in [5, 5.41) is 0. The molecule has 2 fully saturated rings. The largest absolute Gasteiger partial charge is 0.463 e. The van der Waals surface area contributed by atoms with Crippen LogP contribution in [0.15, 0.2) is 64.6 Å². The van der Waals surface area contributed by atoms with Crippen LogP contribution in [0.2, 0.25) is 0 Å². The second-order valence-electron chi connectivity index (χ2n) is 14.1. The van der Waals surface area contributed by atoms with E-state index in [-0.39, 0.29) is 12.4 Å². The van der Waals surface area contributed by atoms with Crippen molar-refractivity contribution >= 4 is 80.6 Å². The van der Waals surface area contributed by atoms with E-state index < -0.39 is 116 Å². The Kier molecular flexibility index (Phi) is 18.7. The highest BCUT2D eigenvalue weighted by atomic mass is 35.5. The van der Waals surface area contributed by atoms with Crippen LogP contribution in [0.5, 0.6) is 0 Å². The van der Waals surface area contributed by atoms with Crippen molar-refractivity contribution in [1.82, 2.24) is 4.57 Å². The molecule has 2 saturated heterocycles. The predicted molar refractivity (Wildman–Crippen MR) is 224 cm³/mol. The fourth-order valence-electron chi connectivity index (χ4n) is 6.67. The lowest BCUT2D eigenvalue weighted by Gasteiger charge is -2.48. The fraction of sp³-hybridized carbons (Fsp3) is 0.488. The molecule has 0 unspecified atom stereocenters. The zero-order valence-corrected chi connectivity index (χ0v) is 38.3. The number of halogens is 1. The Labute approximate surface area is 380 Å². The number of carbonyl (C=O) groups excluding carboxylic acids is 7. The van der Waals surface area contributed by atoms with Gasteiger partial charge in [-0.05, 0) is 51.4 Å². The van der Waals surface area contributed by atoms with Gasteiger partial charge in [0.1, 0.15) is 31.5 Å². The first-order valence-corrected chi connectivity index (χ1v) is 21.6. The van der Waals surface area contributed by atoms with Crippen LogP contribution in [0.25, 0.3) is 5.69 Å². The molecule has 23 heteroatoms. The molecule has 0 bridgehead atoms. The predicted octanol–water partition coefficient (Wildman–Crippen LogP) is 3.08. The van der Waals surface area contributed by atoms with Crippen molar-refractivity contribution in [2.75, 3.05) is 13.2 Å². The molecule has 0 spiro atoms. The third-order valence-electron chi connectivity index (χ3n) is 9.06. The summed E-state index contributed by atoms with van der Waals surface area (Å²) in [4.78, 5) is 98.2. The highest BCUT2D eigenvalue weighted by molar-refractivity contribution is 7.67. The zero-order chi connectivity index (χ0) is 46.0. The fourth-order valence-corrected chi connectivity index (χ4v) is 8.83. The molecule has 3 aromatic rings. The summed E-state index contributed by atoms with van der Waals surface area (Å²) in [5.74, 6) is -5.89. The third kappa shape index (κ3) is 13.7. The molecule has 2 aromatic carbocycles. The van der Waals surface area contributed by atoms with E-state index in [1.165, 1.54) is 20.7 Å². The molecule has 64 heavy (non-hydrogen) atoms. The lowest BCUT2D eigenvalue weighted by atomic mass is 9.95. The van der Waals surface area contributed by atoms with Gasteiger partial charge in [-0.2, -0.15) is 0 Å². The minimum absolute atomic E-state index is 0. The van der Waals surface area contributed by atoms with Crippen molar-refractivity contribution in [3.8, 4) is 5.69 Å². The topological polar surface area (TPSA) is 241 Å². The molecule has 0 radical (unpaired) electrons. The lowest BCUT2D eigenvalue weighted by molar-refractivity contribution is -0.344. The van der Waals surface area contributed by atoms with E-state index in [1.807, 2.05) is 61.5 Å². The molecular formula is C41H48ClN3O17S2. The van der Waals surface area contributed by atoms with Crippen LogP contribution in [0.1, 0.15) is 54.0 Å². The van der Waals surface area contributed by atoms with Crippen molar-refractivity contribution < 1.29 is 80.9 Å². The normalized spacial score (nSPS) is 25.8. The number of aryl methyl sites for hydroxylation is 1. The maximum Gasteiger partial charge on any atom is 0.303 e. The van der Waals surface area contributed by atoms with E-state index in [0.29, 0.717) is 21.0 Å². The molecule has 10 atom stereocenters. The second kappa shape index (κ2) is 23.4. The maximum atomic E-state index is 12.9.